The molecule has 0 unspecified atom stereocenters. The van der Waals surface area contributed by atoms with Gasteiger partial charge in [0.2, 0.25) is 23.6 Å². The Kier molecular flexibility index (Phi) is 8.98. The van der Waals surface area contributed by atoms with Gasteiger partial charge in [-0.05, 0) is 78.6 Å². The van der Waals surface area contributed by atoms with Crippen LogP contribution in [0.3, 0.4) is 0 Å². The summed E-state index contributed by atoms with van der Waals surface area (Å²) in [6.07, 6.45) is 3.37. The molecular weight excluding hydrogens is 672 g/mol. The van der Waals surface area contributed by atoms with Crippen LogP contribution in [0.15, 0.2) is 109 Å². The number of benzene rings is 4. The highest BCUT2D eigenvalue weighted by molar-refractivity contribution is 6.08. The number of amides is 4. The van der Waals surface area contributed by atoms with Crippen molar-refractivity contribution in [1.82, 2.24) is 9.80 Å². The third-order valence-electron chi connectivity index (χ3n) is 11.5. The molecular formula is C43H40N2O8. The second kappa shape index (κ2) is 13.9. The number of imide groups is 2. The summed E-state index contributed by atoms with van der Waals surface area (Å²) in [7, 11) is 0. The summed E-state index contributed by atoms with van der Waals surface area (Å²) in [5, 5.41) is 31.0. The predicted molar refractivity (Wildman–Crippen MR) is 193 cm³/mol. The van der Waals surface area contributed by atoms with Gasteiger partial charge in [0.15, 0.2) is 0 Å². The van der Waals surface area contributed by atoms with Crippen LogP contribution >= 0.6 is 0 Å². The van der Waals surface area contributed by atoms with E-state index in [0.29, 0.717) is 37.2 Å². The van der Waals surface area contributed by atoms with E-state index in [2.05, 4.69) is 0 Å². The molecule has 1 saturated carbocycles. The molecule has 2 aliphatic carbocycles. The summed E-state index contributed by atoms with van der Waals surface area (Å²) in [6.45, 7) is 0.645. The van der Waals surface area contributed by atoms with Crippen molar-refractivity contribution in [1.29, 1.82) is 0 Å². The Balaban J connectivity index is 1.10. The molecule has 10 nitrogen and oxygen atoms in total. The molecule has 2 aliphatic heterocycles. The Morgan fingerprint density at radius 1 is 0.604 bits per heavy atom. The highest BCUT2D eigenvalue weighted by atomic mass is 16.5. The molecule has 3 N–H and O–H groups in total. The number of hydrogen-bond donors (Lipinski definition) is 3. The van der Waals surface area contributed by atoms with Crippen LogP contribution in [0.1, 0.15) is 41.0 Å². The lowest BCUT2D eigenvalue weighted by Gasteiger charge is -2.44. The number of ether oxygens (including phenoxy) is 1. The molecule has 4 amide bonds. The zero-order valence-electron chi connectivity index (χ0n) is 29.0. The van der Waals surface area contributed by atoms with Crippen LogP contribution in [0.2, 0.25) is 0 Å². The Morgan fingerprint density at radius 3 is 1.79 bits per heavy atom. The number of likely N-dealkylation sites (tertiary alicyclic amines) is 2. The number of phenols is 3. The zero-order valence-corrected chi connectivity index (χ0v) is 29.0. The van der Waals surface area contributed by atoms with Crippen LogP contribution in [-0.2, 0) is 38.6 Å². The number of phenolic OH excluding ortho intramolecular Hbond substituents is 3. The van der Waals surface area contributed by atoms with E-state index >= 15 is 0 Å². The fourth-order valence-electron chi connectivity index (χ4n) is 8.93. The lowest BCUT2D eigenvalue weighted by Crippen LogP contribution is -2.43. The van der Waals surface area contributed by atoms with Crippen LogP contribution in [0.5, 0.6) is 23.0 Å². The second-order valence-electron chi connectivity index (χ2n) is 14.5. The average molecular weight is 713 g/mol. The lowest BCUT2D eigenvalue weighted by atomic mass is 9.57. The zero-order chi connectivity index (χ0) is 36.8. The number of fused-ring (bicyclic) bond motifs is 4. The molecule has 8 rings (SSSR count). The smallest absolute Gasteiger partial charge is 0.234 e. The number of aromatic hydroxyl groups is 3. The summed E-state index contributed by atoms with van der Waals surface area (Å²) in [5.74, 6) is -4.47. The average Bonchev–Trinajstić information content (AvgIpc) is 3.56. The van der Waals surface area contributed by atoms with Crippen molar-refractivity contribution in [2.24, 2.45) is 29.6 Å². The third-order valence-corrected chi connectivity index (χ3v) is 11.5. The van der Waals surface area contributed by atoms with Gasteiger partial charge in [0, 0.05) is 30.6 Å². The molecule has 6 atom stereocenters. The normalized spacial score (nSPS) is 24.9. The maximum absolute atomic E-state index is 14.3. The van der Waals surface area contributed by atoms with E-state index in [9.17, 15) is 34.5 Å². The second-order valence-corrected chi connectivity index (χ2v) is 14.5. The third kappa shape index (κ3) is 6.32. The summed E-state index contributed by atoms with van der Waals surface area (Å²) < 4.78 is 5.98. The van der Waals surface area contributed by atoms with Crippen LogP contribution in [0.4, 0.5) is 0 Å². The molecule has 53 heavy (non-hydrogen) atoms. The van der Waals surface area contributed by atoms with Gasteiger partial charge in [-0.2, -0.15) is 0 Å². The van der Waals surface area contributed by atoms with E-state index in [-0.39, 0.29) is 60.4 Å². The molecule has 0 radical (unpaired) electrons. The first-order valence-corrected chi connectivity index (χ1v) is 18.1. The van der Waals surface area contributed by atoms with E-state index in [1.165, 1.54) is 15.9 Å². The van der Waals surface area contributed by atoms with Gasteiger partial charge in [0.1, 0.15) is 29.6 Å². The molecule has 2 heterocycles. The molecule has 0 spiro atoms. The van der Waals surface area contributed by atoms with Crippen molar-refractivity contribution in [2.45, 2.75) is 38.2 Å². The topological polar surface area (TPSA) is 145 Å². The minimum absolute atomic E-state index is 0.0740. The van der Waals surface area contributed by atoms with Crippen molar-refractivity contribution in [3.63, 3.8) is 0 Å². The first kappa shape index (κ1) is 34.2. The summed E-state index contributed by atoms with van der Waals surface area (Å²) in [5.41, 5.74) is 3.99. The summed E-state index contributed by atoms with van der Waals surface area (Å²) >= 11 is 0. The highest BCUT2D eigenvalue weighted by Crippen LogP contribution is 2.59. The first-order valence-electron chi connectivity index (χ1n) is 18.1. The molecule has 4 aromatic carbocycles. The monoisotopic (exact) mass is 712 g/mol. The Hall–Kier alpha value is -5.90. The van der Waals surface area contributed by atoms with E-state index < -0.39 is 35.5 Å². The molecule has 10 heteroatoms. The lowest BCUT2D eigenvalue weighted by molar-refractivity contribution is -0.142. The number of nitrogens with zero attached hydrogens (tertiary/aromatic N) is 2. The number of allylic oxidation sites excluding steroid dienone is 2. The largest absolute Gasteiger partial charge is 0.508 e. The standard InChI is InChI=1S/C43H40N2O8/c46-28-10-6-25(7-11-28)18-20-44-40(49)33-17-16-31-34(38(33)42(44)51)23-35-39(43(52)45(41(35)50)21-19-26-8-12-29(47)13-9-26)37(31)32-15-14-30(22-36(32)48)53-24-27-4-2-1-3-5-27/h1-16,22,33-35,37-39,46-48H,17-21,23-24H2/t33-,34+,35+,37+,38-,39+/m0/s1. The minimum Gasteiger partial charge on any atom is -0.508 e. The van der Waals surface area contributed by atoms with E-state index in [4.69, 9.17) is 4.74 Å². The molecule has 4 aliphatic rings. The van der Waals surface area contributed by atoms with Gasteiger partial charge in [0.05, 0.1) is 23.7 Å². The SMILES string of the molecule is O=C1[C@H]2[C@H](CC=C3[C@H]2C[C@H]2C(=O)N(CCc4ccc(O)cc4)C(=O)[C@H]2[C@H]3c2ccc(OCc3ccccc3)cc2O)C(=O)N1CCc1ccc(O)cc1. The molecule has 0 bridgehead atoms. The van der Waals surface area contributed by atoms with Crippen LogP contribution in [-0.4, -0.2) is 61.8 Å². The van der Waals surface area contributed by atoms with E-state index in [0.717, 1.165) is 22.3 Å². The summed E-state index contributed by atoms with van der Waals surface area (Å²) in [6, 6.07) is 28.0. The minimum atomic E-state index is -0.791. The fourth-order valence-corrected chi connectivity index (χ4v) is 8.93. The Morgan fingerprint density at radius 2 is 1.19 bits per heavy atom. The van der Waals surface area contributed by atoms with E-state index in [1.54, 1.807) is 60.7 Å². The van der Waals surface area contributed by atoms with Crippen molar-refractivity contribution < 1.29 is 39.2 Å². The molecule has 3 fully saturated rings. The Labute approximate surface area is 306 Å². The number of hydrogen-bond acceptors (Lipinski definition) is 8. The quantitative estimate of drug-likeness (QED) is 0.144. The van der Waals surface area contributed by atoms with Crippen molar-refractivity contribution in [2.75, 3.05) is 13.1 Å². The predicted octanol–water partition coefficient (Wildman–Crippen LogP) is 5.50. The van der Waals surface area contributed by atoms with Gasteiger partial charge in [-0.3, -0.25) is 29.0 Å². The highest BCUT2D eigenvalue weighted by Gasteiger charge is 2.62. The van der Waals surface area contributed by atoms with Crippen molar-refractivity contribution >= 4 is 23.6 Å². The molecule has 2 saturated heterocycles. The molecule has 270 valence electrons. The van der Waals surface area contributed by atoms with Gasteiger partial charge >= 0.3 is 0 Å². The van der Waals surface area contributed by atoms with Gasteiger partial charge in [-0.1, -0.05) is 72.3 Å². The fraction of sp³-hybridized carbons (Fsp3) is 0.302. The molecule has 0 aromatic heterocycles. The van der Waals surface area contributed by atoms with Gasteiger partial charge in [0.25, 0.3) is 0 Å². The maximum Gasteiger partial charge on any atom is 0.234 e. The van der Waals surface area contributed by atoms with E-state index in [1.807, 2.05) is 36.4 Å². The van der Waals surface area contributed by atoms with Crippen molar-refractivity contribution in [3.8, 4) is 23.0 Å². The van der Waals surface area contributed by atoms with Gasteiger partial charge in [-0.25, -0.2) is 0 Å². The van der Waals surface area contributed by atoms with Gasteiger partial charge < -0.3 is 20.1 Å². The first-order chi connectivity index (χ1) is 25.7. The number of carbonyl (C=O) groups excluding carboxylic acids is 4. The number of rotatable bonds is 10. The van der Waals surface area contributed by atoms with Crippen LogP contribution < -0.4 is 4.74 Å². The molecule has 4 aromatic rings. The van der Waals surface area contributed by atoms with Crippen molar-refractivity contribution in [3.05, 3.63) is 131 Å². The maximum atomic E-state index is 14.3. The number of carbonyl (C=O) groups is 4. The van der Waals surface area contributed by atoms with Crippen LogP contribution in [0, 0.1) is 29.6 Å². The van der Waals surface area contributed by atoms with Crippen LogP contribution in [0.25, 0.3) is 0 Å². The Bertz CT molecular complexity index is 2100. The van der Waals surface area contributed by atoms with Gasteiger partial charge in [-0.15, -0.1) is 0 Å². The summed E-state index contributed by atoms with van der Waals surface area (Å²) in [4.78, 5) is 59.2.